The second-order valence-corrected chi connectivity index (χ2v) is 6.95. The van der Waals surface area contributed by atoms with E-state index in [1.54, 1.807) is 0 Å². The molecule has 1 aromatic carbocycles. The normalized spacial score (nSPS) is 13.8. The Balaban J connectivity index is 2.99. The molecule has 1 rings (SSSR count). The summed E-state index contributed by atoms with van der Waals surface area (Å²) in [6, 6.07) is 1.95. The molecule has 3 N–H and O–H groups in total. The van der Waals surface area contributed by atoms with E-state index in [4.69, 9.17) is 28.9 Å². The summed E-state index contributed by atoms with van der Waals surface area (Å²) in [5, 5.41) is -0.763. The maximum Gasteiger partial charge on any atom is 0.242 e. The average molecular weight is 329 g/mol. The van der Waals surface area contributed by atoms with E-state index in [-0.39, 0.29) is 28.4 Å². The molecule has 1 unspecified atom stereocenters. The molecule has 1 atom stereocenters. The van der Waals surface area contributed by atoms with Crippen molar-refractivity contribution in [2.45, 2.75) is 24.8 Å². The molecule has 8 heteroatoms. The molecule has 0 heterocycles. The second-order valence-electron chi connectivity index (χ2n) is 4.43. The summed E-state index contributed by atoms with van der Waals surface area (Å²) in [6.45, 7) is 3.78. The molecule has 108 valence electrons. The van der Waals surface area contributed by atoms with Crippen molar-refractivity contribution in [1.29, 1.82) is 0 Å². The highest BCUT2D eigenvalue weighted by atomic mass is 35.5. The number of hydrogen-bond donors (Lipinski definition) is 2. The minimum Gasteiger partial charge on any atom is -0.326 e. The van der Waals surface area contributed by atoms with Gasteiger partial charge in [-0.3, -0.25) is 0 Å². The third-order valence-corrected chi connectivity index (χ3v) is 4.89. The highest BCUT2D eigenvalue weighted by Crippen LogP contribution is 2.29. The van der Waals surface area contributed by atoms with Crippen LogP contribution in [0, 0.1) is 11.7 Å². The third kappa shape index (κ3) is 4.03. The molecular weight excluding hydrogens is 314 g/mol. The SMILES string of the molecule is CC(C)C(N)CNS(=O)(=O)c1ccc(Cl)c(F)c1Cl. The van der Waals surface area contributed by atoms with Crippen molar-refractivity contribution in [3.05, 3.63) is 28.0 Å². The van der Waals surface area contributed by atoms with E-state index in [0.717, 1.165) is 12.1 Å². The molecule has 0 aliphatic rings. The van der Waals surface area contributed by atoms with Crippen molar-refractivity contribution in [3.63, 3.8) is 0 Å². The largest absolute Gasteiger partial charge is 0.326 e. The van der Waals surface area contributed by atoms with Gasteiger partial charge in [-0.1, -0.05) is 37.0 Å². The molecule has 0 radical (unpaired) electrons. The summed E-state index contributed by atoms with van der Waals surface area (Å²) in [5.41, 5.74) is 5.74. The minimum atomic E-state index is -3.92. The van der Waals surface area contributed by atoms with E-state index in [1.165, 1.54) is 0 Å². The molecule has 0 aliphatic heterocycles. The van der Waals surface area contributed by atoms with Gasteiger partial charge in [0, 0.05) is 12.6 Å². The van der Waals surface area contributed by atoms with Crippen molar-refractivity contribution in [3.8, 4) is 0 Å². The van der Waals surface area contributed by atoms with E-state index >= 15 is 0 Å². The molecular formula is C11H15Cl2FN2O2S. The maximum atomic E-state index is 13.5. The average Bonchev–Trinajstić information content (AvgIpc) is 2.32. The predicted octanol–water partition coefficient (Wildman–Crippen LogP) is 2.39. The first-order chi connectivity index (χ1) is 8.66. The van der Waals surface area contributed by atoms with Gasteiger partial charge in [-0.2, -0.15) is 0 Å². The number of benzene rings is 1. The smallest absolute Gasteiger partial charge is 0.242 e. The van der Waals surface area contributed by atoms with E-state index in [0.29, 0.717) is 0 Å². The summed E-state index contributed by atoms with van der Waals surface area (Å²) in [5.74, 6) is -0.848. The van der Waals surface area contributed by atoms with E-state index in [9.17, 15) is 12.8 Å². The van der Waals surface area contributed by atoms with Crippen LogP contribution in [0.25, 0.3) is 0 Å². The van der Waals surface area contributed by atoms with Crippen molar-refractivity contribution in [2.24, 2.45) is 11.7 Å². The van der Waals surface area contributed by atoms with Gasteiger partial charge in [0.15, 0.2) is 5.82 Å². The van der Waals surface area contributed by atoms with Gasteiger partial charge in [0.05, 0.1) is 10.0 Å². The van der Waals surface area contributed by atoms with Gasteiger partial charge < -0.3 is 5.73 Å². The van der Waals surface area contributed by atoms with Crippen molar-refractivity contribution >= 4 is 33.2 Å². The van der Waals surface area contributed by atoms with E-state index in [1.807, 2.05) is 13.8 Å². The van der Waals surface area contributed by atoms with Crippen LogP contribution in [0.1, 0.15) is 13.8 Å². The summed E-state index contributed by atoms with van der Waals surface area (Å²) >= 11 is 11.2. The molecule has 0 aliphatic carbocycles. The Kier molecular flexibility index (Phi) is 5.58. The van der Waals surface area contributed by atoms with Crippen LogP contribution in [-0.4, -0.2) is 21.0 Å². The Labute approximate surface area is 122 Å². The lowest BCUT2D eigenvalue weighted by atomic mass is 10.1. The van der Waals surface area contributed by atoms with Gasteiger partial charge in [-0.05, 0) is 18.1 Å². The number of nitrogens with one attached hydrogen (secondary N) is 1. The van der Waals surface area contributed by atoms with Crippen LogP contribution in [0.5, 0.6) is 0 Å². The fourth-order valence-corrected chi connectivity index (χ4v) is 3.05. The van der Waals surface area contributed by atoms with Gasteiger partial charge in [0.25, 0.3) is 0 Å². The standard InChI is InChI=1S/C11H15Cl2FN2O2S/c1-6(2)8(15)5-16-19(17,18)9-4-3-7(12)11(14)10(9)13/h3-4,6,8,16H,5,15H2,1-2H3. The molecule has 0 aromatic heterocycles. The van der Waals surface area contributed by atoms with Crippen LogP contribution in [0.3, 0.4) is 0 Å². The monoisotopic (exact) mass is 328 g/mol. The molecule has 19 heavy (non-hydrogen) atoms. The van der Waals surface area contributed by atoms with Crippen LogP contribution in [-0.2, 0) is 10.0 Å². The molecule has 1 aromatic rings. The lowest BCUT2D eigenvalue weighted by Gasteiger charge is -2.16. The molecule has 0 saturated carbocycles. The first kappa shape index (κ1) is 16.7. The van der Waals surface area contributed by atoms with Gasteiger partial charge in [-0.15, -0.1) is 0 Å². The first-order valence-electron chi connectivity index (χ1n) is 5.55. The van der Waals surface area contributed by atoms with Crippen LogP contribution in [0.4, 0.5) is 4.39 Å². The summed E-state index contributed by atoms with van der Waals surface area (Å²) in [4.78, 5) is -0.355. The van der Waals surface area contributed by atoms with E-state index in [2.05, 4.69) is 4.72 Å². The number of sulfonamides is 1. The molecule has 0 amide bonds. The predicted molar refractivity (Wildman–Crippen MR) is 74.4 cm³/mol. The molecule has 0 bridgehead atoms. The van der Waals surface area contributed by atoms with Crippen molar-refractivity contribution < 1.29 is 12.8 Å². The fraction of sp³-hybridized carbons (Fsp3) is 0.455. The second kappa shape index (κ2) is 6.37. The van der Waals surface area contributed by atoms with Crippen LogP contribution in [0.2, 0.25) is 10.0 Å². The Morgan fingerprint density at radius 1 is 1.37 bits per heavy atom. The molecule has 0 fully saturated rings. The first-order valence-corrected chi connectivity index (χ1v) is 7.79. The zero-order valence-corrected chi connectivity index (χ0v) is 12.8. The fourth-order valence-electron chi connectivity index (χ4n) is 1.24. The third-order valence-electron chi connectivity index (χ3n) is 2.65. The lowest BCUT2D eigenvalue weighted by Crippen LogP contribution is -2.40. The van der Waals surface area contributed by atoms with Gasteiger partial charge in [-0.25, -0.2) is 17.5 Å². The van der Waals surface area contributed by atoms with Gasteiger partial charge in [0.1, 0.15) is 4.90 Å². The topological polar surface area (TPSA) is 72.2 Å². The maximum absolute atomic E-state index is 13.5. The zero-order valence-electron chi connectivity index (χ0n) is 10.5. The van der Waals surface area contributed by atoms with E-state index < -0.39 is 20.9 Å². The van der Waals surface area contributed by atoms with Crippen LogP contribution < -0.4 is 10.5 Å². The summed E-state index contributed by atoms with van der Waals surface area (Å²) < 4.78 is 39.7. The van der Waals surface area contributed by atoms with Gasteiger partial charge in [0.2, 0.25) is 10.0 Å². The quantitative estimate of drug-likeness (QED) is 0.815. The Bertz CT molecular complexity index is 564. The number of nitrogens with two attached hydrogens (primary N) is 1. The Morgan fingerprint density at radius 3 is 2.47 bits per heavy atom. The molecule has 4 nitrogen and oxygen atoms in total. The minimum absolute atomic E-state index is 0.0422. The zero-order chi connectivity index (χ0) is 14.8. The number of halogens is 3. The Hall–Kier alpha value is -0.400. The Morgan fingerprint density at radius 2 is 1.95 bits per heavy atom. The number of rotatable bonds is 5. The summed E-state index contributed by atoms with van der Waals surface area (Å²) in [7, 11) is -3.92. The number of hydrogen-bond acceptors (Lipinski definition) is 3. The molecule has 0 spiro atoms. The summed E-state index contributed by atoms with van der Waals surface area (Å²) in [6.07, 6.45) is 0. The lowest BCUT2D eigenvalue weighted by molar-refractivity contribution is 0.481. The highest BCUT2D eigenvalue weighted by Gasteiger charge is 2.22. The van der Waals surface area contributed by atoms with Crippen LogP contribution >= 0.6 is 23.2 Å². The van der Waals surface area contributed by atoms with Crippen molar-refractivity contribution in [1.82, 2.24) is 4.72 Å². The molecule has 0 saturated heterocycles. The van der Waals surface area contributed by atoms with Gasteiger partial charge >= 0.3 is 0 Å². The van der Waals surface area contributed by atoms with Crippen LogP contribution in [0.15, 0.2) is 17.0 Å². The van der Waals surface area contributed by atoms with Crippen molar-refractivity contribution in [2.75, 3.05) is 6.54 Å². The highest BCUT2D eigenvalue weighted by molar-refractivity contribution is 7.89.